The number of rotatable bonds is 9. The predicted molar refractivity (Wildman–Crippen MR) is 120 cm³/mol. The molecular weight excluding hydrogens is 358 g/mol. The molecule has 1 unspecified atom stereocenters. The Labute approximate surface area is 173 Å². The molecule has 0 saturated carbocycles. The van der Waals surface area contributed by atoms with Crippen LogP contribution in [0.25, 0.3) is 0 Å². The van der Waals surface area contributed by atoms with Crippen molar-refractivity contribution in [3.63, 3.8) is 0 Å². The molecule has 0 aliphatic rings. The van der Waals surface area contributed by atoms with Gasteiger partial charge in [-0.2, -0.15) is 0 Å². The van der Waals surface area contributed by atoms with Crippen LogP contribution in [0.4, 0.5) is 0 Å². The monoisotopic (exact) mass is 389 g/mol. The standard InChI is InChI=1S/C24H31N5/c1-20(13-14-21-9-5-3-6-10-21)28-24(25-2)27-16-15-23-26-17-18-29(23)19-22-11-7-4-8-12-22/h3-12,17-18,20H,13-16,19H2,1-2H3,(H2,25,27,28). The normalized spacial score (nSPS) is 12.6. The predicted octanol–water partition coefficient (Wildman–Crippen LogP) is 3.66. The van der Waals surface area contributed by atoms with Crippen LogP contribution in [0.1, 0.15) is 30.3 Å². The number of aryl methyl sites for hydroxylation is 1. The second-order valence-electron chi connectivity index (χ2n) is 7.28. The van der Waals surface area contributed by atoms with Crippen LogP contribution in [0.15, 0.2) is 78.0 Å². The van der Waals surface area contributed by atoms with Crippen molar-refractivity contribution in [1.29, 1.82) is 0 Å². The molecule has 1 atom stereocenters. The Hall–Kier alpha value is -3.08. The first-order valence-electron chi connectivity index (χ1n) is 10.3. The number of aromatic nitrogens is 2. The van der Waals surface area contributed by atoms with Crippen molar-refractivity contribution in [2.24, 2.45) is 4.99 Å². The van der Waals surface area contributed by atoms with Crippen LogP contribution in [0.5, 0.6) is 0 Å². The lowest BCUT2D eigenvalue weighted by Crippen LogP contribution is -2.43. The molecule has 0 aliphatic heterocycles. The molecule has 0 bridgehead atoms. The van der Waals surface area contributed by atoms with Crippen LogP contribution < -0.4 is 10.6 Å². The molecule has 1 aromatic heterocycles. The van der Waals surface area contributed by atoms with Gasteiger partial charge >= 0.3 is 0 Å². The minimum atomic E-state index is 0.349. The van der Waals surface area contributed by atoms with E-state index in [1.54, 1.807) is 0 Å². The van der Waals surface area contributed by atoms with Crippen LogP contribution >= 0.6 is 0 Å². The van der Waals surface area contributed by atoms with Gasteiger partial charge in [0.15, 0.2) is 5.96 Å². The van der Waals surface area contributed by atoms with Gasteiger partial charge in [-0.25, -0.2) is 4.98 Å². The van der Waals surface area contributed by atoms with Crippen LogP contribution in [-0.4, -0.2) is 35.1 Å². The molecule has 0 spiro atoms. The highest BCUT2D eigenvalue weighted by Crippen LogP contribution is 2.06. The van der Waals surface area contributed by atoms with Crippen LogP contribution in [-0.2, 0) is 19.4 Å². The number of hydrogen-bond donors (Lipinski definition) is 2. The van der Waals surface area contributed by atoms with Gasteiger partial charge in [-0.3, -0.25) is 4.99 Å². The highest BCUT2D eigenvalue weighted by molar-refractivity contribution is 5.79. The summed E-state index contributed by atoms with van der Waals surface area (Å²) in [5.74, 6) is 1.92. The zero-order chi connectivity index (χ0) is 20.3. The van der Waals surface area contributed by atoms with E-state index in [1.165, 1.54) is 11.1 Å². The molecule has 0 radical (unpaired) electrons. The second-order valence-corrected chi connectivity index (χ2v) is 7.28. The summed E-state index contributed by atoms with van der Waals surface area (Å²) in [6.45, 7) is 3.83. The maximum atomic E-state index is 4.52. The van der Waals surface area contributed by atoms with Gasteiger partial charge in [0.2, 0.25) is 0 Å². The largest absolute Gasteiger partial charge is 0.356 e. The Bertz CT molecular complexity index is 871. The topological polar surface area (TPSA) is 54.2 Å². The molecule has 2 aromatic carbocycles. The van der Waals surface area contributed by atoms with Crippen LogP contribution in [0.2, 0.25) is 0 Å². The molecule has 3 rings (SSSR count). The van der Waals surface area contributed by atoms with Crippen molar-refractivity contribution in [2.75, 3.05) is 13.6 Å². The van der Waals surface area contributed by atoms with E-state index >= 15 is 0 Å². The van der Waals surface area contributed by atoms with Crippen molar-refractivity contribution in [3.8, 4) is 0 Å². The molecule has 0 amide bonds. The van der Waals surface area contributed by atoms with Gasteiger partial charge < -0.3 is 15.2 Å². The lowest BCUT2D eigenvalue weighted by Gasteiger charge is -2.18. The quantitative estimate of drug-likeness (QED) is 0.434. The van der Waals surface area contributed by atoms with E-state index in [4.69, 9.17) is 0 Å². The summed E-state index contributed by atoms with van der Waals surface area (Å²) in [7, 11) is 1.82. The third-order valence-corrected chi connectivity index (χ3v) is 4.95. The fourth-order valence-corrected chi connectivity index (χ4v) is 3.31. The van der Waals surface area contributed by atoms with E-state index in [1.807, 2.05) is 25.5 Å². The zero-order valence-electron chi connectivity index (χ0n) is 17.4. The summed E-state index contributed by atoms with van der Waals surface area (Å²) in [5, 5.41) is 6.90. The van der Waals surface area contributed by atoms with Crippen LogP contribution in [0.3, 0.4) is 0 Å². The maximum Gasteiger partial charge on any atom is 0.191 e. The number of nitrogens with zero attached hydrogens (tertiary/aromatic N) is 3. The van der Waals surface area contributed by atoms with Crippen molar-refractivity contribution < 1.29 is 0 Å². The van der Waals surface area contributed by atoms with E-state index in [0.29, 0.717) is 6.04 Å². The average molecular weight is 390 g/mol. The first-order chi connectivity index (χ1) is 14.2. The second kappa shape index (κ2) is 11.1. The number of aliphatic imine (C=N–C) groups is 1. The summed E-state index contributed by atoms with van der Waals surface area (Å²) >= 11 is 0. The van der Waals surface area contributed by atoms with Gasteiger partial charge in [-0.05, 0) is 30.9 Å². The van der Waals surface area contributed by atoms with Gasteiger partial charge in [-0.15, -0.1) is 0 Å². The number of nitrogens with one attached hydrogen (secondary N) is 2. The van der Waals surface area contributed by atoms with E-state index in [2.05, 4.69) is 86.7 Å². The lowest BCUT2D eigenvalue weighted by atomic mass is 10.1. The van der Waals surface area contributed by atoms with Crippen molar-refractivity contribution in [3.05, 3.63) is 90.0 Å². The SMILES string of the molecule is CN=C(NCCc1nccn1Cc1ccccc1)NC(C)CCc1ccccc1. The molecule has 3 aromatic rings. The number of benzene rings is 2. The van der Waals surface area contributed by atoms with Gasteiger partial charge in [0, 0.05) is 45.0 Å². The van der Waals surface area contributed by atoms with Crippen molar-refractivity contribution in [2.45, 2.75) is 38.8 Å². The molecule has 5 nitrogen and oxygen atoms in total. The van der Waals surface area contributed by atoms with E-state index in [-0.39, 0.29) is 0 Å². The summed E-state index contributed by atoms with van der Waals surface area (Å²) < 4.78 is 2.20. The molecule has 0 fully saturated rings. The molecule has 0 aliphatic carbocycles. The first-order valence-corrected chi connectivity index (χ1v) is 10.3. The third-order valence-electron chi connectivity index (χ3n) is 4.95. The lowest BCUT2D eigenvalue weighted by molar-refractivity contribution is 0.591. The highest BCUT2D eigenvalue weighted by atomic mass is 15.2. The third kappa shape index (κ3) is 6.79. The average Bonchev–Trinajstić information content (AvgIpc) is 3.20. The van der Waals surface area contributed by atoms with Crippen LogP contribution in [0, 0.1) is 0 Å². The molecule has 0 saturated heterocycles. The van der Waals surface area contributed by atoms with E-state index in [0.717, 1.165) is 44.1 Å². The minimum absolute atomic E-state index is 0.349. The molecule has 29 heavy (non-hydrogen) atoms. The maximum absolute atomic E-state index is 4.52. The van der Waals surface area contributed by atoms with Crippen molar-refractivity contribution in [1.82, 2.24) is 20.2 Å². The summed E-state index contributed by atoms with van der Waals surface area (Å²) in [6, 6.07) is 21.4. The van der Waals surface area contributed by atoms with Crippen molar-refractivity contribution >= 4 is 5.96 Å². The van der Waals surface area contributed by atoms with Gasteiger partial charge in [0.25, 0.3) is 0 Å². The summed E-state index contributed by atoms with van der Waals surface area (Å²) in [6.07, 6.45) is 6.88. The molecule has 2 N–H and O–H groups in total. The fourth-order valence-electron chi connectivity index (χ4n) is 3.31. The number of guanidine groups is 1. The molecule has 5 heteroatoms. The van der Waals surface area contributed by atoms with Gasteiger partial charge in [-0.1, -0.05) is 60.7 Å². The molecule has 1 heterocycles. The highest BCUT2D eigenvalue weighted by Gasteiger charge is 2.07. The molecule has 152 valence electrons. The van der Waals surface area contributed by atoms with E-state index < -0.39 is 0 Å². The number of imidazole rings is 1. The minimum Gasteiger partial charge on any atom is -0.356 e. The zero-order valence-corrected chi connectivity index (χ0v) is 17.4. The summed E-state index contributed by atoms with van der Waals surface area (Å²) in [5.41, 5.74) is 2.65. The number of hydrogen-bond acceptors (Lipinski definition) is 2. The Morgan fingerprint density at radius 3 is 2.38 bits per heavy atom. The first kappa shape index (κ1) is 20.6. The van der Waals surface area contributed by atoms with Gasteiger partial charge in [0.05, 0.1) is 0 Å². The smallest absolute Gasteiger partial charge is 0.191 e. The Balaban J connectivity index is 1.42. The van der Waals surface area contributed by atoms with Gasteiger partial charge in [0.1, 0.15) is 5.82 Å². The summed E-state index contributed by atoms with van der Waals surface area (Å²) in [4.78, 5) is 8.88. The fraction of sp³-hybridized carbons (Fsp3) is 0.333. The van der Waals surface area contributed by atoms with E-state index in [9.17, 15) is 0 Å². The molecular formula is C24H31N5. The Morgan fingerprint density at radius 1 is 1.00 bits per heavy atom. The Kier molecular flexibility index (Phi) is 7.87. The Morgan fingerprint density at radius 2 is 1.69 bits per heavy atom.